The lowest BCUT2D eigenvalue weighted by atomic mass is 9.78. The third kappa shape index (κ3) is 1.45. The van der Waals surface area contributed by atoms with Crippen molar-refractivity contribution in [1.82, 2.24) is 4.81 Å². The second kappa shape index (κ2) is 3.15. The standard InChI is InChI=1S/C8H15BF2N2O/c1-9(14)13-6-2-5(12)3-7(13)8(10,11)4-6/h5-7,14H,2-4,12H2,1H3/t5-,6?,7?/m1/s1. The Morgan fingerprint density at radius 2 is 2.14 bits per heavy atom. The van der Waals surface area contributed by atoms with Crippen molar-refractivity contribution in [2.75, 3.05) is 0 Å². The average molecular weight is 204 g/mol. The Kier molecular flexibility index (Phi) is 2.32. The minimum absolute atomic E-state index is 0.145. The molecule has 2 saturated heterocycles. The normalized spacial score (nSPS) is 41.4. The highest BCUT2D eigenvalue weighted by Crippen LogP contribution is 2.45. The number of nitrogens with two attached hydrogens (primary N) is 1. The molecule has 3 nitrogen and oxygen atoms in total. The summed E-state index contributed by atoms with van der Waals surface area (Å²) in [5.41, 5.74) is 5.70. The van der Waals surface area contributed by atoms with Gasteiger partial charge in [-0.3, -0.25) is 0 Å². The summed E-state index contributed by atoms with van der Waals surface area (Å²) in [6, 6.07) is -1.26. The summed E-state index contributed by atoms with van der Waals surface area (Å²) < 4.78 is 27.0. The van der Waals surface area contributed by atoms with E-state index in [-0.39, 0.29) is 24.9 Å². The van der Waals surface area contributed by atoms with Crippen molar-refractivity contribution < 1.29 is 13.8 Å². The molecule has 6 heteroatoms. The van der Waals surface area contributed by atoms with Gasteiger partial charge < -0.3 is 15.6 Å². The SMILES string of the molecule is CB(O)N1C2C[C@@H](N)CC1C(F)(F)C2. The zero-order valence-corrected chi connectivity index (χ0v) is 8.16. The summed E-state index contributed by atoms with van der Waals surface area (Å²) in [4.78, 5) is 1.52. The maximum atomic E-state index is 13.5. The van der Waals surface area contributed by atoms with Crippen molar-refractivity contribution in [3.8, 4) is 0 Å². The number of rotatable bonds is 1. The topological polar surface area (TPSA) is 49.5 Å². The Labute approximate surface area is 82.4 Å². The Bertz CT molecular complexity index is 239. The van der Waals surface area contributed by atoms with Gasteiger partial charge in [0.2, 0.25) is 0 Å². The van der Waals surface area contributed by atoms with Crippen molar-refractivity contribution in [2.24, 2.45) is 5.73 Å². The van der Waals surface area contributed by atoms with E-state index in [9.17, 15) is 13.8 Å². The third-order valence-electron chi connectivity index (χ3n) is 3.31. The fourth-order valence-electron chi connectivity index (χ4n) is 2.83. The summed E-state index contributed by atoms with van der Waals surface area (Å²) in [5.74, 6) is -2.68. The lowest BCUT2D eigenvalue weighted by molar-refractivity contribution is -0.0281. The quantitative estimate of drug-likeness (QED) is 0.603. The Balaban J connectivity index is 2.24. The van der Waals surface area contributed by atoms with E-state index in [0.29, 0.717) is 6.42 Å². The van der Waals surface area contributed by atoms with Gasteiger partial charge in [-0.05, 0) is 19.7 Å². The van der Waals surface area contributed by atoms with Crippen molar-refractivity contribution in [2.45, 2.75) is 50.1 Å². The molecule has 0 spiro atoms. The first-order valence-corrected chi connectivity index (χ1v) is 5.00. The molecule has 0 amide bonds. The molecule has 0 saturated carbocycles. The monoisotopic (exact) mass is 204 g/mol. The lowest BCUT2D eigenvalue weighted by Gasteiger charge is -2.38. The van der Waals surface area contributed by atoms with Crippen molar-refractivity contribution in [3.63, 3.8) is 0 Å². The van der Waals surface area contributed by atoms with E-state index in [2.05, 4.69) is 0 Å². The number of halogens is 2. The molecule has 0 radical (unpaired) electrons. The number of alkyl halides is 2. The van der Waals surface area contributed by atoms with Gasteiger partial charge in [0.05, 0.1) is 6.04 Å². The first-order valence-electron chi connectivity index (χ1n) is 5.00. The average Bonchev–Trinajstić information content (AvgIpc) is 2.16. The van der Waals surface area contributed by atoms with E-state index < -0.39 is 19.0 Å². The minimum Gasteiger partial charge on any atom is -0.437 e. The first-order chi connectivity index (χ1) is 6.42. The Morgan fingerprint density at radius 3 is 2.64 bits per heavy atom. The molecule has 3 atom stereocenters. The fraction of sp³-hybridized carbons (Fsp3) is 1.00. The number of piperidine rings is 1. The van der Waals surface area contributed by atoms with E-state index in [4.69, 9.17) is 5.73 Å². The van der Waals surface area contributed by atoms with Gasteiger partial charge in [-0.15, -0.1) is 0 Å². The van der Waals surface area contributed by atoms with Crippen LogP contribution in [0.1, 0.15) is 19.3 Å². The van der Waals surface area contributed by atoms with E-state index >= 15 is 0 Å². The van der Waals surface area contributed by atoms with Gasteiger partial charge in [0.25, 0.3) is 5.92 Å². The summed E-state index contributed by atoms with van der Waals surface area (Å²) in [5, 5.41) is 9.43. The maximum absolute atomic E-state index is 13.5. The van der Waals surface area contributed by atoms with Crippen LogP contribution < -0.4 is 5.73 Å². The molecular formula is C8H15BF2N2O. The van der Waals surface area contributed by atoms with Crippen molar-refractivity contribution in [1.29, 1.82) is 0 Å². The third-order valence-corrected chi connectivity index (χ3v) is 3.31. The molecule has 2 fully saturated rings. The first kappa shape index (κ1) is 10.3. The van der Waals surface area contributed by atoms with E-state index in [1.165, 1.54) is 11.6 Å². The molecular weight excluding hydrogens is 189 g/mol. The highest BCUT2D eigenvalue weighted by atomic mass is 19.3. The summed E-state index contributed by atoms with van der Waals surface area (Å²) in [7, 11) is -0.800. The van der Waals surface area contributed by atoms with E-state index in [1.807, 2.05) is 0 Å². The van der Waals surface area contributed by atoms with Gasteiger partial charge >= 0.3 is 7.05 Å². The van der Waals surface area contributed by atoms with Crippen LogP contribution in [0.4, 0.5) is 8.78 Å². The second-order valence-electron chi connectivity index (χ2n) is 4.45. The Hall–Kier alpha value is -0.195. The molecule has 2 rings (SSSR count). The van der Waals surface area contributed by atoms with E-state index in [0.717, 1.165) is 0 Å². The zero-order valence-electron chi connectivity index (χ0n) is 8.16. The molecule has 0 aromatic heterocycles. The highest BCUT2D eigenvalue weighted by molar-refractivity contribution is 6.45. The largest absolute Gasteiger partial charge is 0.437 e. The van der Waals surface area contributed by atoms with E-state index in [1.54, 1.807) is 0 Å². The van der Waals surface area contributed by atoms with Crippen molar-refractivity contribution in [3.05, 3.63) is 0 Å². The zero-order chi connectivity index (χ0) is 10.5. The van der Waals surface area contributed by atoms with Gasteiger partial charge in [-0.2, -0.15) is 0 Å². The number of hydrogen-bond donors (Lipinski definition) is 2. The van der Waals surface area contributed by atoms with Crippen LogP contribution in [-0.4, -0.2) is 40.9 Å². The molecule has 2 bridgehead atoms. The minimum atomic E-state index is -2.68. The van der Waals surface area contributed by atoms with Crippen LogP contribution in [0.3, 0.4) is 0 Å². The highest BCUT2D eigenvalue weighted by Gasteiger charge is 2.58. The summed E-state index contributed by atoms with van der Waals surface area (Å²) in [6.45, 7) is 1.54. The van der Waals surface area contributed by atoms with Crippen LogP contribution in [0.2, 0.25) is 6.82 Å². The molecule has 80 valence electrons. The number of nitrogens with zero attached hydrogens (tertiary/aromatic N) is 1. The molecule has 2 heterocycles. The van der Waals surface area contributed by atoms with Crippen LogP contribution in [0.15, 0.2) is 0 Å². The predicted molar refractivity (Wildman–Crippen MR) is 50.0 cm³/mol. The number of hydrogen-bond acceptors (Lipinski definition) is 3. The summed E-state index contributed by atoms with van der Waals surface area (Å²) in [6.07, 6.45) is 0.696. The molecule has 0 aliphatic carbocycles. The number of fused-ring (bicyclic) bond motifs is 2. The molecule has 14 heavy (non-hydrogen) atoms. The van der Waals surface area contributed by atoms with Gasteiger partial charge in [-0.25, -0.2) is 8.78 Å². The molecule has 0 aromatic rings. The Morgan fingerprint density at radius 1 is 1.50 bits per heavy atom. The van der Waals surface area contributed by atoms with Crippen LogP contribution in [0, 0.1) is 0 Å². The maximum Gasteiger partial charge on any atom is 0.377 e. The van der Waals surface area contributed by atoms with Gasteiger partial charge in [0.1, 0.15) is 0 Å². The van der Waals surface area contributed by atoms with Crippen LogP contribution in [0.5, 0.6) is 0 Å². The molecule has 0 aromatic carbocycles. The van der Waals surface area contributed by atoms with Crippen LogP contribution in [0.25, 0.3) is 0 Å². The second-order valence-corrected chi connectivity index (χ2v) is 4.45. The fourth-order valence-corrected chi connectivity index (χ4v) is 2.83. The van der Waals surface area contributed by atoms with Gasteiger partial charge in [0, 0.05) is 18.5 Å². The van der Waals surface area contributed by atoms with Gasteiger partial charge in [-0.1, -0.05) is 0 Å². The van der Waals surface area contributed by atoms with Crippen molar-refractivity contribution >= 4 is 7.05 Å². The molecule has 2 aliphatic heterocycles. The molecule has 3 N–H and O–H groups in total. The van der Waals surface area contributed by atoms with Gasteiger partial charge in [0.15, 0.2) is 0 Å². The van der Waals surface area contributed by atoms with Crippen LogP contribution in [-0.2, 0) is 0 Å². The predicted octanol–water partition coefficient (Wildman–Crippen LogP) is 0.296. The molecule has 2 unspecified atom stereocenters. The lowest BCUT2D eigenvalue weighted by Crippen LogP contribution is -2.55. The summed E-state index contributed by atoms with van der Waals surface area (Å²) >= 11 is 0. The van der Waals surface area contributed by atoms with Crippen LogP contribution >= 0.6 is 0 Å². The molecule has 2 aliphatic rings. The smallest absolute Gasteiger partial charge is 0.377 e.